The number of aromatic nitrogens is 1. The maximum Gasteiger partial charge on any atom is 0.341 e. The molecule has 15 heavy (non-hydrogen) atoms. The Hall–Kier alpha value is -1.13. The minimum absolute atomic E-state index is 0.159. The number of pyridine rings is 1. The summed E-state index contributed by atoms with van der Waals surface area (Å²) in [6.45, 7) is 1.10. The van der Waals surface area contributed by atoms with E-state index in [1.165, 1.54) is 12.4 Å². The molecule has 0 saturated carbocycles. The molecule has 1 aromatic rings. The summed E-state index contributed by atoms with van der Waals surface area (Å²) in [5.41, 5.74) is 0.297. The van der Waals surface area contributed by atoms with Crippen LogP contribution >= 0.6 is 11.6 Å². The number of esters is 1. The topological polar surface area (TPSA) is 48.4 Å². The zero-order valence-corrected chi connectivity index (χ0v) is 8.74. The van der Waals surface area contributed by atoms with Crippen molar-refractivity contribution >= 4 is 17.6 Å². The van der Waals surface area contributed by atoms with Gasteiger partial charge in [-0.05, 0) is 6.07 Å². The first-order valence-corrected chi connectivity index (χ1v) is 5.03. The predicted molar refractivity (Wildman–Crippen MR) is 53.9 cm³/mol. The van der Waals surface area contributed by atoms with E-state index in [1.54, 1.807) is 6.07 Å². The van der Waals surface area contributed by atoms with Crippen molar-refractivity contribution < 1.29 is 14.3 Å². The first-order chi connectivity index (χ1) is 7.27. The number of rotatable bonds is 2. The van der Waals surface area contributed by atoms with Crippen LogP contribution in [0.1, 0.15) is 16.8 Å². The molecule has 1 fully saturated rings. The van der Waals surface area contributed by atoms with Crippen LogP contribution in [0.5, 0.6) is 0 Å². The number of carbonyl (C=O) groups is 1. The molecule has 2 heterocycles. The number of hydrogen-bond acceptors (Lipinski definition) is 4. The summed E-state index contributed by atoms with van der Waals surface area (Å²) >= 11 is 5.83. The Kier molecular flexibility index (Phi) is 3.18. The number of nitrogens with zero attached hydrogens (tertiary/aromatic N) is 1. The van der Waals surface area contributed by atoms with E-state index < -0.39 is 5.97 Å². The van der Waals surface area contributed by atoms with Crippen molar-refractivity contribution in [2.45, 2.75) is 12.5 Å². The fourth-order valence-corrected chi connectivity index (χ4v) is 1.53. The van der Waals surface area contributed by atoms with Gasteiger partial charge in [-0.15, -0.1) is 0 Å². The standard InChI is InChI=1S/C10H10ClNO3/c11-9-1-3-12-5-8(9)10(13)15-7-2-4-14-6-7/h1,3,5,7H,2,4,6H2. The van der Waals surface area contributed by atoms with Crippen molar-refractivity contribution in [3.05, 3.63) is 29.0 Å². The maximum absolute atomic E-state index is 11.6. The molecule has 0 spiro atoms. The second-order valence-corrected chi connectivity index (χ2v) is 3.65. The third kappa shape index (κ3) is 2.46. The third-order valence-corrected chi connectivity index (χ3v) is 2.48. The minimum Gasteiger partial charge on any atom is -0.456 e. The average Bonchev–Trinajstić information content (AvgIpc) is 2.71. The fourth-order valence-electron chi connectivity index (χ4n) is 1.35. The van der Waals surface area contributed by atoms with Crippen LogP contribution in [0, 0.1) is 0 Å². The molecule has 0 amide bonds. The molecule has 0 radical (unpaired) electrons. The van der Waals surface area contributed by atoms with Gasteiger partial charge in [0.15, 0.2) is 0 Å². The number of hydrogen-bond donors (Lipinski definition) is 0. The molecule has 1 aliphatic rings. The van der Waals surface area contributed by atoms with Crippen molar-refractivity contribution in [2.24, 2.45) is 0 Å². The van der Waals surface area contributed by atoms with Crippen LogP contribution in [0.3, 0.4) is 0 Å². The van der Waals surface area contributed by atoms with Gasteiger partial charge in [0.25, 0.3) is 0 Å². The molecule has 0 aromatic carbocycles. The fraction of sp³-hybridized carbons (Fsp3) is 0.400. The Labute approximate surface area is 92.2 Å². The molecule has 4 nitrogen and oxygen atoms in total. The van der Waals surface area contributed by atoms with E-state index >= 15 is 0 Å². The molecule has 0 bridgehead atoms. The normalized spacial score (nSPS) is 20.2. The second-order valence-electron chi connectivity index (χ2n) is 3.25. The van der Waals surface area contributed by atoms with E-state index in [0.717, 1.165) is 6.42 Å². The minimum atomic E-state index is -0.441. The molecule has 0 aliphatic carbocycles. The number of carbonyl (C=O) groups excluding carboxylic acids is 1. The summed E-state index contributed by atoms with van der Waals surface area (Å²) in [5.74, 6) is -0.441. The highest BCUT2D eigenvalue weighted by atomic mass is 35.5. The van der Waals surface area contributed by atoms with Gasteiger partial charge in [0.1, 0.15) is 6.10 Å². The van der Waals surface area contributed by atoms with E-state index in [2.05, 4.69) is 4.98 Å². The van der Waals surface area contributed by atoms with Crippen LogP contribution in [-0.2, 0) is 9.47 Å². The Morgan fingerprint density at radius 1 is 1.67 bits per heavy atom. The molecule has 5 heteroatoms. The summed E-state index contributed by atoms with van der Waals surface area (Å²) < 4.78 is 10.3. The van der Waals surface area contributed by atoms with Crippen LogP contribution in [0.2, 0.25) is 5.02 Å². The highest BCUT2D eigenvalue weighted by Gasteiger charge is 2.21. The maximum atomic E-state index is 11.6. The summed E-state index contributed by atoms with van der Waals surface area (Å²) in [4.78, 5) is 15.4. The second kappa shape index (κ2) is 4.59. The van der Waals surface area contributed by atoms with E-state index in [1.807, 2.05) is 0 Å². The summed E-state index contributed by atoms with van der Waals surface area (Å²) in [5, 5.41) is 0.355. The number of ether oxygens (including phenoxy) is 2. The van der Waals surface area contributed by atoms with Gasteiger partial charge in [0.2, 0.25) is 0 Å². The zero-order chi connectivity index (χ0) is 10.7. The lowest BCUT2D eigenvalue weighted by Crippen LogP contribution is -2.18. The molecule has 1 unspecified atom stereocenters. The molecule has 80 valence electrons. The van der Waals surface area contributed by atoms with Gasteiger partial charge in [-0.1, -0.05) is 11.6 Å². The Morgan fingerprint density at radius 2 is 2.53 bits per heavy atom. The first-order valence-electron chi connectivity index (χ1n) is 4.65. The largest absolute Gasteiger partial charge is 0.456 e. The molecular weight excluding hydrogens is 218 g/mol. The van der Waals surface area contributed by atoms with Crippen molar-refractivity contribution in [1.29, 1.82) is 0 Å². The van der Waals surface area contributed by atoms with E-state index in [9.17, 15) is 4.79 Å². The third-order valence-electron chi connectivity index (χ3n) is 2.15. The average molecular weight is 228 g/mol. The van der Waals surface area contributed by atoms with Gasteiger partial charge >= 0.3 is 5.97 Å². The summed E-state index contributed by atoms with van der Waals surface area (Å²) in [6, 6.07) is 1.56. The van der Waals surface area contributed by atoms with E-state index in [-0.39, 0.29) is 6.10 Å². The monoisotopic (exact) mass is 227 g/mol. The molecular formula is C10H10ClNO3. The van der Waals surface area contributed by atoms with Crippen LogP contribution in [0.25, 0.3) is 0 Å². The van der Waals surface area contributed by atoms with Crippen LogP contribution in [-0.4, -0.2) is 30.3 Å². The number of halogens is 1. The predicted octanol–water partition coefficient (Wildman–Crippen LogP) is 1.68. The van der Waals surface area contributed by atoms with Gasteiger partial charge < -0.3 is 9.47 Å². The van der Waals surface area contributed by atoms with Crippen LogP contribution in [0.4, 0.5) is 0 Å². The Bertz CT molecular complexity index is 363. The molecule has 0 N–H and O–H groups in total. The first kappa shape index (κ1) is 10.4. The zero-order valence-electron chi connectivity index (χ0n) is 7.98. The van der Waals surface area contributed by atoms with Gasteiger partial charge in [0, 0.05) is 18.8 Å². The Morgan fingerprint density at radius 3 is 3.20 bits per heavy atom. The molecule has 1 aliphatic heterocycles. The molecule has 2 rings (SSSR count). The smallest absolute Gasteiger partial charge is 0.341 e. The highest BCUT2D eigenvalue weighted by Crippen LogP contribution is 2.17. The van der Waals surface area contributed by atoms with Gasteiger partial charge in [-0.25, -0.2) is 4.79 Å². The van der Waals surface area contributed by atoms with E-state index in [0.29, 0.717) is 23.8 Å². The highest BCUT2D eigenvalue weighted by molar-refractivity contribution is 6.33. The van der Waals surface area contributed by atoms with Gasteiger partial charge in [-0.2, -0.15) is 0 Å². The Balaban J connectivity index is 2.04. The summed E-state index contributed by atoms with van der Waals surface area (Å²) in [7, 11) is 0. The lowest BCUT2D eigenvalue weighted by molar-refractivity contribution is 0.0270. The van der Waals surface area contributed by atoms with E-state index in [4.69, 9.17) is 21.1 Å². The lowest BCUT2D eigenvalue weighted by Gasteiger charge is -2.10. The summed E-state index contributed by atoms with van der Waals surface area (Å²) in [6.07, 6.45) is 3.51. The van der Waals surface area contributed by atoms with Crippen molar-refractivity contribution in [3.8, 4) is 0 Å². The molecule has 1 saturated heterocycles. The van der Waals surface area contributed by atoms with Gasteiger partial charge in [0.05, 0.1) is 23.8 Å². The van der Waals surface area contributed by atoms with Crippen LogP contribution < -0.4 is 0 Å². The molecule has 1 atom stereocenters. The van der Waals surface area contributed by atoms with Crippen LogP contribution in [0.15, 0.2) is 18.5 Å². The quantitative estimate of drug-likeness (QED) is 0.722. The van der Waals surface area contributed by atoms with Gasteiger partial charge in [-0.3, -0.25) is 4.98 Å². The molecule has 1 aromatic heterocycles. The lowest BCUT2D eigenvalue weighted by atomic mass is 10.3. The van der Waals surface area contributed by atoms with Crippen molar-refractivity contribution in [1.82, 2.24) is 4.98 Å². The van der Waals surface area contributed by atoms with Crippen molar-refractivity contribution in [2.75, 3.05) is 13.2 Å². The SMILES string of the molecule is O=C(OC1CCOC1)c1cnccc1Cl. The van der Waals surface area contributed by atoms with Crippen molar-refractivity contribution in [3.63, 3.8) is 0 Å².